The molecule has 0 saturated heterocycles. The first-order valence-corrected chi connectivity index (χ1v) is 6.83. The summed E-state index contributed by atoms with van der Waals surface area (Å²) in [6, 6.07) is 5.15. The van der Waals surface area contributed by atoms with Crippen LogP contribution in [0.5, 0.6) is 0 Å². The van der Waals surface area contributed by atoms with Crippen molar-refractivity contribution in [1.82, 2.24) is 15.1 Å². The van der Waals surface area contributed by atoms with Crippen molar-refractivity contribution in [3.8, 4) is 11.4 Å². The van der Waals surface area contributed by atoms with Crippen LogP contribution in [0.15, 0.2) is 40.6 Å². The van der Waals surface area contributed by atoms with Gasteiger partial charge >= 0.3 is 0 Å². The van der Waals surface area contributed by atoms with Gasteiger partial charge in [-0.2, -0.15) is 0 Å². The summed E-state index contributed by atoms with van der Waals surface area (Å²) in [4.78, 5) is 4.61. The molecule has 1 atom stereocenters. The molecule has 1 unspecified atom stereocenters. The van der Waals surface area contributed by atoms with Crippen LogP contribution in [0.3, 0.4) is 0 Å². The topological polar surface area (TPSA) is 137 Å². The van der Waals surface area contributed by atoms with E-state index < -0.39 is 11.0 Å². The monoisotopic (exact) mass is 293 g/mol. The first kappa shape index (κ1) is 14.2. The summed E-state index contributed by atoms with van der Waals surface area (Å²) in [6.45, 7) is 0. The van der Waals surface area contributed by atoms with Crippen molar-refractivity contribution >= 4 is 16.8 Å². The molecule has 2 rings (SSSR count). The largest absolute Gasteiger partial charge is 0.382 e. The molecule has 1 aromatic heterocycles. The normalized spacial score (nSPS) is 13.2. The molecule has 0 bridgehead atoms. The van der Waals surface area contributed by atoms with Gasteiger partial charge < -0.3 is 10.3 Å². The number of hydrogen-bond donors (Lipinski definition) is 4. The average Bonchev–Trinajstić information content (AvgIpc) is 2.84. The Bertz CT molecular complexity index is 679. The SMILES string of the molecule is Cn1ccnc1-c1cccc(S(N)=O)c1/C(N)=N/NN. The third kappa shape index (κ3) is 2.54. The Kier molecular flexibility index (Phi) is 4.13. The van der Waals surface area contributed by atoms with Crippen LogP contribution < -0.4 is 22.3 Å². The Balaban J connectivity index is 2.75. The number of aryl methyl sites for hydroxylation is 1. The van der Waals surface area contributed by atoms with Crippen molar-refractivity contribution in [2.75, 3.05) is 0 Å². The molecule has 0 aliphatic carbocycles. The minimum absolute atomic E-state index is 0.0832. The maximum absolute atomic E-state index is 11.7. The number of aromatic nitrogens is 2. The van der Waals surface area contributed by atoms with Gasteiger partial charge in [0.15, 0.2) is 5.84 Å². The van der Waals surface area contributed by atoms with Crippen LogP contribution in [0.4, 0.5) is 0 Å². The van der Waals surface area contributed by atoms with Gasteiger partial charge in [-0.25, -0.2) is 25.7 Å². The van der Waals surface area contributed by atoms with Crippen LogP contribution in [0.2, 0.25) is 0 Å². The Morgan fingerprint density at radius 3 is 2.80 bits per heavy atom. The Hall–Kier alpha value is -2.23. The molecule has 20 heavy (non-hydrogen) atoms. The van der Waals surface area contributed by atoms with Crippen LogP contribution in [0.25, 0.3) is 11.4 Å². The molecule has 0 saturated carbocycles. The maximum atomic E-state index is 11.7. The van der Waals surface area contributed by atoms with Gasteiger partial charge in [0.25, 0.3) is 0 Å². The van der Waals surface area contributed by atoms with Gasteiger partial charge in [-0.05, 0) is 6.07 Å². The standard InChI is InChI=1S/C11H15N7OS/c1-18-6-5-15-11(18)7-3-2-4-8(20(14)19)9(7)10(12)16-17-13/h2-6,17H,13-14H2,1H3,(H2,12,16). The minimum atomic E-state index is -1.71. The van der Waals surface area contributed by atoms with E-state index in [-0.39, 0.29) is 5.84 Å². The second-order valence-corrected chi connectivity index (χ2v) is 5.00. The molecule has 9 heteroatoms. The molecule has 0 fully saturated rings. The van der Waals surface area contributed by atoms with E-state index >= 15 is 0 Å². The van der Waals surface area contributed by atoms with E-state index in [2.05, 4.69) is 15.6 Å². The average molecular weight is 293 g/mol. The van der Waals surface area contributed by atoms with Crippen molar-refractivity contribution in [3.05, 3.63) is 36.2 Å². The molecule has 0 spiro atoms. The lowest BCUT2D eigenvalue weighted by Gasteiger charge is -2.12. The third-order valence-corrected chi connectivity index (χ3v) is 3.52. The molecule has 7 N–H and O–H groups in total. The second-order valence-electron chi connectivity index (χ2n) is 3.96. The number of imidazole rings is 1. The molecule has 8 nitrogen and oxygen atoms in total. The van der Waals surface area contributed by atoms with Crippen LogP contribution >= 0.6 is 0 Å². The summed E-state index contributed by atoms with van der Waals surface area (Å²) in [5, 5.41) is 9.22. The zero-order valence-electron chi connectivity index (χ0n) is 10.8. The molecule has 2 aromatic rings. The van der Waals surface area contributed by atoms with Gasteiger partial charge in [0.2, 0.25) is 0 Å². The molecule has 106 valence electrons. The van der Waals surface area contributed by atoms with E-state index in [1.807, 2.05) is 11.6 Å². The highest BCUT2D eigenvalue weighted by Gasteiger charge is 2.18. The number of hydrogen-bond acceptors (Lipinski definition) is 5. The number of hydrazine groups is 1. The van der Waals surface area contributed by atoms with Crippen molar-refractivity contribution in [2.24, 2.45) is 28.9 Å². The van der Waals surface area contributed by atoms with E-state index in [1.54, 1.807) is 30.6 Å². The molecule has 0 radical (unpaired) electrons. The smallest absolute Gasteiger partial charge is 0.154 e. The summed E-state index contributed by atoms with van der Waals surface area (Å²) in [6.07, 6.45) is 3.44. The van der Waals surface area contributed by atoms with Crippen LogP contribution in [-0.4, -0.2) is 19.6 Å². The van der Waals surface area contributed by atoms with Crippen molar-refractivity contribution in [1.29, 1.82) is 0 Å². The van der Waals surface area contributed by atoms with Crippen molar-refractivity contribution in [2.45, 2.75) is 4.90 Å². The van der Waals surface area contributed by atoms with Crippen LogP contribution in [0.1, 0.15) is 5.56 Å². The summed E-state index contributed by atoms with van der Waals surface area (Å²) in [7, 11) is 0.130. The van der Waals surface area contributed by atoms with Crippen molar-refractivity contribution in [3.63, 3.8) is 0 Å². The Morgan fingerprint density at radius 2 is 2.25 bits per heavy atom. The zero-order valence-corrected chi connectivity index (χ0v) is 11.6. The molecular formula is C11H15N7OS. The minimum Gasteiger partial charge on any atom is -0.382 e. The number of amidine groups is 1. The van der Waals surface area contributed by atoms with Crippen LogP contribution in [0, 0.1) is 0 Å². The van der Waals surface area contributed by atoms with Gasteiger partial charge in [-0.1, -0.05) is 12.1 Å². The lowest BCUT2D eigenvalue weighted by atomic mass is 10.1. The zero-order chi connectivity index (χ0) is 14.7. The highest BCUT2D eigenvalue weighted by atomic mass is 32.2. The lowest BCUT2D eigenvalue weighted by molar-refractivity contribution is 0.684. The number of rotatable bonds is 4. The van der Waals surface area contributed by atoms with E-state index in [0.29, 0.717) is 21.8 Å². The molecule has 1 aromatic carbocycles. The van der Waals surface area contributed by atoms with Crippen LogP contribution in [-0.2, 0) is 18.0 Å². The van der Waals surface area contributed by atoms with E-state index in [1.165, 1.54) is 0 Å². The summed E-state index contributed by atoms with van der Waals surface area (Å²) >= 11 is 0. The van der Waals surface area contributed by atoms with Gasteiger partial charge in [-0.3, -0.25) is 0 Å². The quantitative estimate of drug-likeness (QED) is 0.252. The second kappa shape index (κ2) is 5.82. The predicted octanol–water partition coefficient (Wildman–Crippen LogP) is -0.848. The Labute approximate surface area is 118 Å². The van der Waals surface area contributed by atoms with Crippen molar-refractivity contribution < 1.29 is 4.21 Å². The molecule has 1 heterocycles. The number of nitrogens with zero attached hydrogens (tertiary/aromatic N) is 3. The fraction of sp³-hybridized carbons (Fsp3) is 0.0909. The first-order valence-electron chi connectivity index (χ1n) is 5.62. The highest BCUT2D eigenvalue weighted by molar-refractivity contribution is 7.82. The van der Waals surface area contributed by atoms with E-state index in [4.69, 9.17) is 16.7 Å². The third-order valence-electron chi connectivity index (χ3n) is 2.75. The number of nitrogens with one attached hydrogen (secondary N) is 1. The lowest BCUT2D eigenvalue weighted by Crippen LogP contribution is -2.25. The van der Waals surface area contributed by atoms with E-state index in [0.717, 1.165) is 0 Å². The molecular weight excluding hydrogens is 278 g/mol. The fourth-order valence-corrected chi connectivity index (χ4v) is 2.53. The Morgan fingerprint density at radius 1 is 1.50 bits per heavy atom. The molecule has 0 amide bonds. The van der Waals surface area contributed by atoms with Gasteiger partial charge in [0, 0.05) is 30.6 Å². The molecule has 0 aliphatic heterocycles. The number of hydrazone groups is 1. The van der Waals surface area contributed by atoms with Gasteiger partial charge in [0.1, 0.15) is 16.8 Å². The number of nitrogens with two attached hydrogens (primary N) is 3. The summed E-state index contributed by atoms with van der Waals surface area (Å²) in [5.41, 5.74) is 9.11. The van der Waals surface area contributed by atoms with Gasteiger partial charge in [0.05, 0.1) is 4.90 Å². The fourth-order valence-electron chi connectivity index (χ4n) is 1.90. The number of benzene rings is 1. The summed E-state index contributed by atoms with van der Waals surface area (Å²) < 4.78 is 13.5. The molecule has 0 aliphatic rings. The van der Waals surface area contributed by atoms with Gasteiger partial charge in [-0.15, -0.1) is 5.10 Å². The highest BCUT2D eigenvalue weighted by Crippen LogP contribution is 2.25. The maximum Gasteiger partial charge on any atom is 0.154 e. The first-order chi connectivity index (χ1) is 9.56. The summed E-state index contributed by atoms with van der Waals surface area (Å²) in [5.74, 6) is 5.88. The van der Waals surface area contributed by atoms with E-state index in [9.17, 15) is 4.21 Å². The predicted molar refractivity (Wildman–Crippen MR) is 77.3 cm³/mol.